The second-order valence-corrected chi connectivity index (χ2v) is 6.15. The van der Waals surface area contributed by atoms with Crippen molar-refractivity contribution < 1.29 is 14.3 Å². The van der Waals surface area contributed by atoms with E-state index in [1.807, 2.05) is 6.92 Å². The van der Waals surface area contributed by atoms with Crippen molar-refractivity contribution in [3.05, 3.63) is 71.1 Å². The summed E-state index contributed by atoms with van der Waals surface area (Å²) in [6, 6.07) is 9.81. The minimum atomic E-state index is -0.971. The quantitative estimate of drug-likeness (QED) is 0.550. The maximum Gasteiger partial charge on any atom is 0.335 e. The van der Waals surface area contributed by atoms with Gasteiger partial charge in [0.1, 0.15) is 5.82 Å². The van der Waals surface area contributed by atoms with Gasteiger partial charge in [0.2, 0.25) is 0 Å². The Kier molecular flexibility index (Phi) is 5.57. The van der Waals surface area contributed by atoms with Crippen LogP contribution >= 0.6 is 11.6 Å². The Morgan fingerprint density at radius 1 is 1.26 bits per heavy atom. The van der Waals surface area contributed by atoms with Crippen LogP contribution in [0.5, 0.6) is 0 Å². The van der Waals surface area contributed by atoms with Gasteiger partial charge in [-0.1, -0.05) is 13.0 Å². The van der Waals surface area contributed by atoms with Gasteiger partial charge in [-0.15, -0.1) is 6.58 Å². The first kappa shape index (κ1) is 18.7. The number of halogens is 1. The van der Waals surface area contributed by atoms with Crippen LogP contribution in [0.1, 0.15) is 28.5 Å². The first-order chi connectivity index (χ1) is 13.0. The molecule has 0 bridgehead atoms. The first-order valence-corrected chi connectivity index (χ1v) is 8.76. The van der Waals surface area contributed by atoms with Crippen LogP contribution in [0.25, 0.3) is 11.6 Å². The summed E-state index contributed by atoms with van der Waals surface area (Å²) in [7, 11) is 0. The lowest BCUT2D eigenvalue weighted by molar-refractivity contribution is 0.0697. The number of anilines is 2. The average Bonchev–Trinajstić information content (AvgIpc) is 3.10. The van der Waals surface area contributed by atoms with Crippen LogP contribution < -0.4 is 5.32 Å². The Morgan fingerprint density at radius 2 is 2.00 bits per heavy atom. The van der Waals surface area contributed by atoms with Crippen LogP contribution in [0.15, 0.2) is 53.5 Å². The SMILES string of the molecule is C=CCc1c(CC)nc(-c2ccc(Cl)o2)nc1Nc1ccc(C(=O)O)cc1. The van der Waals surface area contributed by atoms with Crippen molar-refractivity contribution in [1.82, 2.24) is 9.97 Å². The fourth-order valence-electron chi connectivity index (χ4n) is 2.66. The molecule has 0 spiro atoms. The summed E-state index contributed by atoms with van der Waals surface area (Å²) in [6.45, 7) is 5.82. The summed E-state index contributed by atoms with van der Waals surface area (Å²) in [5, 5.41) is 12.6. The summed E-state index contributed by atoms with van der Waals surface area (Å²) in [6.07, 6.45) is 3.09. The van der Waals surface area contributed by atoms with Gasteiger partial charge in [-0.05, 0) is 60.8 Å². The van der Waals surface area contributed by atoms with E-state index in [4.69, 9.17) is 21.1 Å². The third-order valence-electron chi connectivity index (χ3n) is 3.96. The van der Waals surface area contributed by atoms with Crippen molar-refractivity contribution in [3.63, 3.8) is 0 Å². The molecule has 0 amide bonds. The minimum absolute atomic E-state index is 0.217. The molecular formula is C20H18ClN3O3. The zero-order valence-corrected chi connectivity index (χ0v) is 15.5. The Morgan fingerprint density at radius 3 is 2.56 bits per heavy atom. The van der Waals surface area contributed by atoms with E-state index in [-0.39, 0.29) is 10.8 Å². The number of carboxylic acids is 1. The number of hydrogen-bond donors (Lipinski definition) is 2. The van der Waals surface area contributed by atoms with Crippen LogP contribution in [0.3, 0.4) is 0 Å². The molecule has 0 atom stereocenters. The Balaban J connectivity index is 2.04. The number of carboxylic acid groups (broad SMARTS) is 1. The third-order valence-corrected chi connectivity index (χ3v) is 4.17. The van der Waals surface area contributed by atoms with E-state index >= 15 is 0 Å². The van der Waals surface area contributed by atoms with E-state index < -0.39 is 5.97 Å². The normalized spacial score (nSPS) is 10.6. The number of allylic oxidation sites excluding steroid dienone is 1. The van der Waals surface area contributed by atoms with E-state index in [9.17, 15) is 4.79 Å². The molecule has 0 saturated carbocycles. The summed E-state index contributed by atoms with van der Waals surface area (Å²) >= 11 is 5.88. The molecule has 3 rings (SSSR count). The van der Waals surface area contributed by atoms with Crippen molar-refractivity contribution in [1.29, 1.82) is 0 Å². The largest absolute Gasteiger partial charge is 0.478 e. The molecule has 6 nitrogen and oxygen atoms in total. The van der Waals surface area contributed by atoms with E-state index in [2.05, 4.69) is 21.9 Å². The minimum Gasteiger partial charge on any atom is -0.478 e. The summed E-state index contributed by atoms with van der Waals surface area (Å²) in [5.41, 5.74) is 2.73. The third kappa shape index (κ3) is 4.17. The van der Waals surface area contributed by atoms with Crippen LogP contribution in [-0.2, 0) is 12.8 Å². The van der Waals surface area contributed by atoms with Crippen LogP contribution in [-0.4, -0.2) is 21.0 Å². The zero-order valence-electron chi connectivity index (χ0n) is 14.7. The van der Waals surface area contributed by atoms with Crippen LogP contribution in [0.2, 0.25) is 5.22 Å². The highest BCUT2D eigenvalue weighted by molar-refractivity contribution is 6.28. The van der Waals surface area contributed by atoms with Crippen LogP contribution in [0, 0.1) is 0 Å². The molecule has 0 aliphatic carbocycles. The predicted molar refractivity (Wildman–Crippen MR) is 105 cm³/mol. The molecule has 27 heavy (non-hydrogen) atoms. The smallest absolute Gasteiger partial charge is 0.335 e. The Labute approximate surface area is 161 Å². The number of nitrogens with zero attached hydrogens (tertiary/aromatic N) is 2. The number of rotatable bonds is 7. The van der Waals surface area contributed by atoms with Gasteiger partial charge in [0, 0.05) is 16.9 Å². The lowest BCUT2D eigenvalue weighted by Gasteiger charge is -2.15. The second kappa shape index (κ2) is 8.05. The molecule has 138 valence electrons. The number of aromatic nitrogens is 2. The van der Waals surface area contributed by atoms with Gasteiger partial charge in [-0.2, -0.15) is 0 Å². The Hall–Kier alpha value is -3.12. The van der Waals surface area contributed by atoms with Gasteiger partial charge in [-0.3, -0.25) is 0 Å². The maximum absolute atomic E-state index is 11.0. The van der Waals surface area contributed by atoms with E-state index in [1.165, 1.54) is 12.1 Å². The first-order valence-electron chi connectivity index (χ1n) is 8.38. The zero-order chi connectivity index (χ0) is 19.4. The molecule has 0 saturated heterocycles. The molecule has 0 unspecified atom stereocenters. The molecule has 0 fully saturated rings. The van der Waals surface area contributed by atoms with Crippen molar-refractivity contribution in [2.45, 2.75) is 19.8 Å². The van der Waals surface area contributed by atoms with Crippen molar-refractivity contribution in [3.8, 4) is 11.6 Å². The van der Waals surface area contributed by atoms with E-state index in [0.717, 1.165) is 16.9 Å². The van der Waals surface area contributed by atoms with Gasteiger partial charge < -0.3 is 14.8 Å². The molecule has 2 heterocycles. The highest BCUT2D eigenvalue weighted by atomic mass is 35.5. The van der Waals surface area contributed by atoms with E-state index in [0.29, 0.717) is 30.2 Å². The number of carbonyl (C=O) groups is 1. The van der Waals surface area contributed by atoms with E-state index in [1.54, 1.807) is 30.3 Å². The molecular weight excluding hydrogens is 366 g/mol. The molecule has 7 heteroatoms. The van der Waals surface area contributed by atoms with Crippen molar-refractivity contribution in [2.24, 2.45) is 0 Å². The fourth-order valence-corrected chi connectivity index (χ4v) is 2.81. The number of aryl methyl sites for hydroxylation is 1. The van der Waals surface area contributed by atoms with Gasteiger partial charge in [0.05, 0.1) is 5.56 Å². The molecule has 0 aliphatic heterocycles. The average molecular weight is 384 g/mol. The van der Waals surface area contributed by atoms with Crippen LogP contribution in [0.4, 0.5) is 11.5 Å². The number of nitrogens with one attached hydrogen (secondary N) is 1. The topological polar surface area (TPSA) is 88.3 Å². The van der Waals surface area contributed by atoms with Gasteiger partial charge in [-0.25, -0.2) is 14.8 Å². The molecule has 0 radical (unpaired) electrons. The molecule has 2 N–H and O–H groups in total. The lowest BCUT2D eigenvalue weighted by atomic mass is 10.1. The summed E-state index contributed by atoms with van der Waals surface area (Å²) in [4.78, 5) is 20.2. The number of aromatic carboxylic acids is 1. The molecule has 1 aromatic carbocycles. The van der Waals surface area contributed by atoms with Gasteiger partial charge in [0.25, 0.3) is 0 Å². The molecule has 0 aliphatic rings. The highest BCUT2D eigenvalue weighted by Crippen LogP contribution is 2.28. The van der Waals surface area contributed by atoms with Crippen molar-refractivity contribution >= 4 is 29.1 Å². The highest BCUT2D eigenvalue weighted by Gasteiger charge is 2.16. The second-order valence-electron chi connectivity index (χ2n) is 5.78. The number of furan rings is 1. The lowest BCUT2D eigenvalue weighted by Crippen LogP contribution is -2.07. The van der Waals surface area contributed by atoms with Gasteiger partial charge in [0.15, 0.2) is 16.8 Å². The van der Waals surface area contributed by atoms with Gasteiger partial charge >= 0.3 is 5.97 Å². The predicted octanol–water partition coefficient (Wildman–Crippen LogP) is 5.12. The number of hydrogen-bond acceptors (Lipinski definition) is 5. The summed E-state index contributed by atoms with van der Waals surface area (Å²) in [5.74, 6) is 0.550. The molecule has 2 aromatic heterocycles. The number of benzene rings is 1. The van der Waals surface area contributed by atoms with Crippen molar-refractivity contribution in [2.75, 3.05) is 5.32 Å². The molecule has 3 aromatic rings. The Bertz CT molecular complexity index is 981. The standard InChI is InChI=1S/C20H18ClN3O3/c1-3-5-14-15(4-2)23-19(16-10-11-17(21)27-16)24-18(14)22-13-8-6-12(7-9-13)20(25)26/h3,6-11H,1,4-5H2,2H3,(H,25,26)(H,22,23,24). The fraction of sp³-hybridized carbons (Fsp3) is 0.150. The monoisotopic (exact) mass is 383 g/mol. The summed E-state index contributed by atoms with van der Waals surface area (Å²) < 4.78 is 5.44. The maximum atomic E-state index is 11.0.